The lowest BCUT2D eigenvalue weighted by Crippen LogP contribution is -2.44. The van der Waals surface area contributed by atoms with Gasteiger partial charge in [-0.15, -0.1) is 0 Å². The van der Waals surface area contributed by atoms with Crippen LogP contribution in [0, 0.1) is 0 Å². The monoisotopic (exact) mass is 236 g/mol. The zero-order chi connectivity index (χ0) is 12.1. The van der Waals surface area contributed by atoms with Crippen molar-refractivity contribution in [2.24, 2.45) is 0 Å². The third kappa shape index (κ3) is 3.56. The van der Waals surface area contributed by atoms with E-state index in [2.05, 4.69) is 15.2 Å². The molecule has 0 bridgehead atoms. The molecule has 17 heavy (non-hydrogen) atoms. The standard InChI is InChI=1S/C12H20N4O/c1-11(9-15-6-3-2-4-7-15)14-12(17)16-8-5-13-10-16/h5,8,10-11H,2-4,6-7,9H2,1H3,(H,14,17). The number of amides is 1. The first-order chi connectivity index (χ1) is 8.25. The molecule has 1 aliphatic rings. The predicted molar refractivity (Wildman–Crippen MR) is 65.9 cm³/mol. The number of rotatable bonds is 3. The Kier molecular flexibility index (Phi) is 4.14. The van der Waals surface area contributed by atoms with Gasteiger partial charge in [-0.2, -0.15) is 0 Å². The van der Waals surface area contributed by atoms with Crippen molar-refractivity contribution in [2.45, 2.75) is 32.2 Å². The zero-order valence-corrected chi connectivity index (χ0v) is 10.3. The molecular formula is C12H20N4O. The van der Waals surface area contributed by atoms with E-state index in [4.69, 9.17) is 0 Å². The van der Waals surface area contributed by atoms with Crippen LogP contribution < -0.4 is 5.32 Å². The minimum atomic E-state index is -0.105. The second kappa shape index (κ2) is 5.82. The first-order valence-corrected chi connectivity index (χ1v) is 6.27. The van der Waals surface area contributed by atoms with Gasteiger partial charge >= 0.3 is 6.03 Å². The summed E-state index contributed by atoms with van der Waals surface area (Å²) in [5, 5.41) is 2.97. The van der Waals surface area contributed by atoms with Crippen molar-refractivity contribution in [3.63, 3.8) is 0 Å². The average Bonchev–Trinajstić information content (AvgIpc) is 2.83. The normalized spacial score (nSPS) is 18.9. The molecule has 5 heteroatoms. The highest BCUT2D eigenvalue weighted by molar-refractivity contribution is 5.76. The Morgan fingerprint density at radius 2 is 2.18 bits per heavy atom. The summed E-state index contributed by atoms with van der Waals surface area (Å²) in [4.78, 5) is 18.0. The van der Waals surface area contributed by atoms with Gasteiger partial charge < -0.3 is 10.2 Å². The predicted octanol–water partition coefficient (Wildman–Crippen LogP) is 1.32. The number of imidazole rings is 1. The molecule has 1 N–H and O–H groups in total. The molecule has 94 valence electrons. The van der Waals surface area contributed by atoms with Crippen molar-refractivity contribution in [2.75, 3.05) is 19.6 Å². The van der Waals surface area contributed by atoms with Crippen LogP contribution in [0.25, 0.3) is 0 Å². The van der Waals surface area contributed by atoms with Gasteiger partial charge in [-0.3, -0.25) is 4.57 Å². The van der Waals surface area contributed by atoms with E-state index in [9.17, 15) is 4.79 Å². The molecular weight excluding hydrogens is 216 g/mol. The molecule has 1 saturated heterocycles. The SMILES string of the molecule is CC(CN1CCCCC1)NC(=O)n1ccnc1. The molecule has 0 spiro atoms. The summed E-state index contributed by atoms with van der Waals surface area (Å²) in [6.07, 6.45) is 8.68. The fourth-order valence-corrected chi connectivity index (χ4v) is 2.24. The maximum absolute atomic E-state index is 11.8. The van der Waals surface area contributed by atoms with E-state index in [-0.39, 0.29) is 12.1 Å². The van der Waals surface area contributed by atoms with Crippen molar-refractivity contribution < 1.29 is 4.79 Å². The van der Waals surface area contributed by atoms with Gasteiger partial charge in [0.05, 0.1) is 0 Å². The summed E-state index contributed by atoms with van der Waals surface area (Å²) in [6.45, 7) is 5.29. The second-order valence-electron chi connectivity index (χ2n) is 4.68. The summed E-state index contributed by atoms with van der Waals surface area (Å²) >= 11 is 0. The highest BCUT2D eigenvalue weighted by Crippen LogP contribution is 2.08. The number of hydrogen-bond acceptors (Lipinski definition) is 3. The third-order valence-corrected chi connectivity index (χ3v) is 3.09. The fourth-order valence-electron chi connectivity index (χ4n) is 2.24. The van der Waals surface area contributed by atoms with Crippen LogP contribution in [0.4, 0.5) is 4.79 Å². The molecule has 1 atom stereocenters. The van der Waals surface area contributed by atoms with Gasteiger partial charge in [-0.25, -0.2) is 9.78 Å². The Labute approximate surface area is 102 Å². The zero-order valence-electron chi connectivity index (χ0n) is 10.3. The van der Waals surface area contributed by atoms with Gasteiger partial charge in [0, 0.05) is 25.0 Å². The summed E-state index contributed by atoms with van der Waals surface area (Å²) in [7, 11) is 0. The van der Waals surface area contributed by atoms with Crippen molar-refractivity contribution in [1.82, 2.24) is 19.8 Å². The number of likely N-dealkylation sites (tertiary alicyclic amines) is 1. The fraction of sp³-hybridized carbons (Fsp3) is 0.667. The van der Waals surface area contributed by atoms with Gasteiger partial charge in [0.1, 0.15) is 6.33 Å². The molecule has 0 saturated carbocycles. The van der Waals surface area contributed by atoms with E-state index >= 15 is 0 Å². The van der Waals surface area contributed by atoms with E-state index < -0.39 is 0 Å². The van der Waals surface area contributed by atoms with E-state index in [0.717, 1.165) is 19.6 Å². The Morgan fingerprint density at radius 3 is 2.82 bits per heavy atom. The van der Waals surface area contributed by atoms with Gasteiger partial charge in [0.15, 0.2) is 0 Å². The number of nitrogens with zero attached hydrogens (tertiary/aromatic N) is 3. The van der Waals surface area contributed by atoms with E-state index in [1.165, 1.54) is 30.2 Å². The van der Waals surface area contributed by atoms with Crippen LogP contribution in [0.3, 0.4) is 0 Å². The lowest BCUT2D eigenvalue weighted by molar-refractivity contribution is 0.203. The molecule has 0 radical (unpaired) electrons. The number of hydrogen-bond donors (Lipinski definition) is 1. The van der Waals surface area contributed by atoms with Gasteiger partial charge in [0.25, 0.3) is 0 Å². The lowest BCUT2D eigenvalue weighted by atomic mass is 10.1. The highest BCUT2D eigenvalue weighted by atomic mass is 16.2. The third-order valence-electron chi connectivity index (χ3n) is 3.09. The molecule has 1 amide bonds. The molecule has 1 fully saturated rings. The smallest absolute Gasteiger partial charge is 0.327 e. The Hall–Kier alpha value is -1.36. The Morgan fingerprint density at radius 1 is 1.41 bits per heavy atom. The lowest BCUT2D eigenvalue weighted by Gasteiger charge is -2.29. The maximum Gasteiger partial charge on any atom is 0.327 e. The summed E-state index contributed by atoms with van der Waals surface area (Å²) in [6, 6.07) is 0.0648. The number of nitrogens with one attached hydrogen (secondary N) is 1. The molecule has 2 rings (SSSR count). The molecule has 2 heterocycles. The van der Waals surface area contributed by atoms with Crippen LogP contribution in [-0.2, 0) is 0 Å². The number of carbonyl (C=O) groups is 1. The molecule has 0 aliphatic carbocycles. The average molecular weight is 236 g/mol. The van der Waals surface area contributed by atoms with Crippen molar-refractivity contribution in [3.8, 4) is 0 Å². The number of aromatic nitrogens is 2. The van der Waals surface area contributed by atoms with Gasteiger partial charge in [-0.05, 0) is 32.9 Å². The first kappa shape index (κ1) is 12.1. The topological polar surface area (TPSA) is 50.2 Å². The van der Waals surface area contributed by atoms with Crippen molar-refractivity contribution >= 4 is 6.03 Å². The number of piperidine rings is 1. The van der Waals surface area contributed by atoms with Crippen LogP contribution in [-0.4, -0.2) is 46.2 Å². The van der Waals surface area contributed by atoms with Crippen LogP contribution in [0.5, 0.6) is 0 Å². The first-order valence-electron chi connectivity index (χ1n) is 6.27. The Balaban J connectivity index is 1.76. The molecule has 1 aliphatic heterocycles. The van der Waals surface area contributed by atoms with E-state index in [0.29, 0.717) is 0 Å². The van der Waals surface area contributed by atoms with Crippen LogP contribution in [0.15, 0.2) is 18.7 Å². The summed E-state index contributed by atoms with van der Waals surface area (Å²) < 4.78 is 1.46. The quantitative estimate of drug-likeness (QED) is 0.861. The highest BCUT2D eigenvalue weighted by Gasteiger charge is 2.15. The van der Waals surface area contributed by atoms with Crippen molar-refractivity contribution in [1.29, 1.82) is 0 Å². The van der Waals surface area contributed by atoms with Crippen LogP contribution >= 0.6 is 0 Å². The number of carbonyl (C=O) groups excluding carboxylic acids is 1. The molecule has 0 aromatic carbocycles. The molecule has 5 nitrogen and oxygen atoms in total. The summed E-state index contributed by atoms with van der Waals surface area (Å²) in [5.74, 6) is 0. The molecule has 1 aromatic rings. The largest absolute Gasteiger partial charge is 0.334 e. The minimum Gasteiger partial charge on any atom is -0.334 e. The Bertz CT molecular complexity index is 343. The minimum absolute atomic E-state index is 0.105. The van der Waals surface area contributed by atoms with E-state index in [1.807, 2.05) is 6.92 Å². The maximum atomic E-state index is 11.8. The van der Waals surface area contributed by atoms with Gasteiger partial charge in [-0.1, -0.05) is 6.42 Å². The van der Waals surface area contributed by atoms with Gasteiger partial charge in [0.2, 0.25) is 0 Å². The van der Waals surface area contributed by atoms with Crippen LogP contribution in [0.1, 0.15) is 26.2 Å². The van der Waals surface area contributed by atoms with Crippen molar-refractivity contribution in [3.05, 3.63) is 18.7 Å². The summed E-state index contributed by atoms with van der Waals surface area (Å²) in [5.41, 5.74) is 0. The molecule has 1 unspecified atom stereocenters. The van der Waals surface area contributed by atoms with E-state index in [1.54, 1.807) is 12.4 Å². The second-order valence-corrected chi connectivity index (χ2v) is 4.68. The molecule has 1 aromatic heterocycles. The van der Waals surface area contributed by atoms with Crippen LogP contribution in [0.2, 0.25) is 0 Å².